The van der Waals surface area contributed by atoms with Gasteiger partial charge in [0.1, 0.15) is 5.75 Å². The van der Waals surface area contributed by atoms with Crippen LogP contribution in [0.4, 0.5) is 5.69 Å². The molecule has 188 valence electrons. The van der Waals surface area contributed by atoms with E-state index in [-0.39, 0.29) is 17.6 Å². The van der Waals surface area contributed by atoms with Crippen LogP contribution in [0.3, 0.4) is 0 Å². The van der Waals surface area contributed by atoms with Crippen LogP contribution in [0, 0.1) is 13.8 Å². The number of halogens is 1. The summed E-state index contributed by atoms with van der Waals surface area (Å²) < 4.78 is 7.47. The number of pyridine rings is 1. The molecule has 2 aromatic heterocycles. The molecule has 1 aliphatic rings. The van der Waals surface area contributed by atoms with E-state index in [2.05, 4.69) is 32.8 Å². The molecule has 1 fully saturated rings. The summed E-state index contributed by atoms with van der Waals surface area (Å²) in [4.78, 5) is 18.0. The first kappa shape index (κ1) is 24.8. The average molecular weight is 533 g/mol. The number of nitrogens with one attached hydrogen (secondary N) is 1. The summed E-state index contributed by atoms with van der Waals surface area (Å²) in [6.45, 7) is 4.09. The second-order valence-corrected chi connectivity index (χ2v) is 9.62. The molecule has 2 unspecified atom stereocenters. The van der Waals surface area contributed by atoms with Crippen LogP contribution in [0.2, 0.25) is 5.02 Å². The van der Waals surface area contributed by atoms with E-state index >= 15 is 0 Å². The lowest BCUT2D eigenvalue weighted by Crippen LogP contribution is -2.29. The molecule has 9 heteroatoms. The summed E-state index contributed by atoms with van der Waals surface area (Å²) in [5.74, 6) is -0.366. The molecule has 7 nitrogen and oxygen atoms in total. The Balaban J connectivity index is 1.65. The maximum atomic E-state index is 11.3. The van der Waals surface area contributed by atoms with Crippen molar-refractivity contribution in [2.24, 2.45) is 0 Å². The Hall–Kier alpha value is -3.88. The molecule has 0 bridgehead atoms. The average Bonchev–Trinajstić information content (AvgIpc) is 3.39. The highest BCUT2D eigenvalue weighted by atomic mass is 35.5. The van der Waals surface area contributed by atoms with Gasteiger partial charge >= 0.3 is 5.97 Å². The van der Waals surface area contributed by atoms with E-state index in [9.17, 15) is 9.90 Å². The van der Waals surface area contributed by atoms with Crippen molar-refractivity contribution in [3.8, 4) is 11.4 Å². The number of rotatable bonds is 6. The van der Waals surface area contributed by atoms with E-state index in [4.69, 9.17) is 28.6 Å². The lowest BCUT2D eigenvalue weighted by molar-refractivity contribution is 0.0697. The zero-order chi connectivity index (χ0) is 26.3. The SMILES string of the molecule is COc1ccc(N2C(=S)NC(c3ccccn3)C2c2cc(C)n(-c3ccc(C(=O)O)cc3)c2C)cc1Cl. The van der Waals surface area contributed by atoms with E-state index in [0.29, 0.717) is 15.9 Å². The number of nitrogens with zero attached hydrogens (tertiary/aromatic N) is 3. The molecule has 0 radical (unpaired) electrons. The Morgan fingerprint density at radius 3 is 2.43 bits per heavy atom. The number of thiocarbonyl (C=S) groups is 1. The molecule has 0 amide bonds. The Bertz CT molecular complexity index is 1490. The second-order valence-electron chi connectivity index (χ2n) is 8.83. The standard InChI is InChI=1S/C28H25ClN4O3S/c1-16-14-21(17(2)32(16)19-9-7-18(8-10-19)27(34)35)26-25(23-6-4-5-13-30-23)31-28(37)33(26)20-11-12-24(36-3)22(29)15-20/h4-15,25-26H,1-3H3,(H,31,37)(H,34,35). The van der Waals surface area contributed by atoms with Crippen molar-refractivity contribution in [2.75, 3.05) is 12.0 Å². The molecule has 2 atom stereocenters. The van der Waals surface area contributed by atoms with Crippen LogP contribution in [-0.2, 0) is 0 Å². The largest absolute Gasteiger partial charge is 0.495 e. The molecule has 1 aliphatic heterocycles. The molecule has 2 aromatic carbocycles. The number of benzene rings is 2. The monoisotopic (exact) mass is 532 g/mol. The molecule has 37 heavy (non-hydrogen) atoms. The van der Waals surface area contributed by atoms with Crippen molar-refractivity contribution in [3.63, 3.8) is 0 Å². The number of hydrogen-bond donors (Lipinski definition) is 2. The van der Waals surface area contributed by atoms with Crippen LogP contribution in [-0.4, -0.2) is 32.8 Å². The van der Waals surface area contributed by atoms with Gasteiger partial charge in [-0.1, -0.05) is 17.7 Å². The summed E-state index contributed by atoms with van der Waals surface area (Å²) in [5.41, 5.74) is 5.93. The van der Waals surface area contributed by atoms with E-state index in [0.717, 1.165) is 34.0 Å². The number of hydrogen-bond acceptors (Lipinski definition) is 4. The van der Waals surface area contributed by atoms with Crippen LogP contribution in [0.25, 0.3) is 5.69 Å². The first-order valence-corrected chi connectivity index (χ1v) is 12.5. The Morgan fingerprint density at radius 1 is 1.08 bits per heavy atom. The fraction of sp³-hybridized carbons (Fsp3) is 0.179. The molecular weight excluding hydrogens is 508 g/mol. The predicted molar refractivity (Wildman–Crippen MR) is 148 cm³/mol. The Morgan fingerprint density at radius 2 is 1.81 bits per heavy atom. The van der Waals surface area contributed by atoms with Gasteiger partial charge in [-0.15, -0.1) is 0 Å². The second kappa shape index (κ2) is 9.88. The van der Waals surface area contributed by atoms with Crippen LogP contribution < -0.4 is 15.0 Å². The van der Waals surface area contributed by atoms with Crippen LogP contribution >= 0.6 is 23.8 Å². The van der Waals surface area contributed by atoms with Gasteiger partial charge in [0, 0.05) is 29.0 Å². The number of ether oxygens (including phenoxy) is 1. The minimum absolute atomic E-state index is 0.210. The van der Waals surface area contributed by atoms with Crippen molar-refractivity contribution in [2.45, 2.75) is 25.9 Å². The zero-order valence-electron chi connectivity index (χ0n) is 20.5. The van der Waals surface area contributed by atoms with Crippen LogP contribution in [0.5, 0.6) is 5.75 Å². The highest BCUT2D eigenvalue weighted by Gasteiger charge is 2.42. The Labute approximate surface area is 225 Å². The maximum Gasteiger partial charge on any atom is 0.335 e. The summed E-state index contributed by atoms with van der Waals surface area (Å²) in [5, 5.41) is 13.8. The van der Waals surface area contributed by atoms with E-state index in [1.807, 2.05) is 55.5 Å². The lowest BCUT2D eigenvalue weighted by Gasteiger charge is -2.28. The number of methoxy groups -OCH3 is 1. The van der Waals surface area contributed by atoms with E-state index < -0.39 is 5.97 Å². The highest BCUT2D eigenvalue weighted by molar-refractivity contribution is 7.80. The van der Waals surface area contributed by atoms with Crippen molar-refractivity contribution in [1.29, 1.82) is 0 Å². The van der Waals surface area contributed by atoms with Gasteiger partial charge in [-0.05, 0) is 92.3 Å². The minimum atomic E-state index is -0.953. The molecule has 1 saturated heterocycles. The molecule has 3 heterocycles. The minimum Gasteiger partial charge on any atom is -0.495 e. The van der Waals surface area contributed by atoms with Crippen LogP contribution in [0.15, 0.2) is 72.9 Å². The molecule has 2 N–H and O–H groups in total. The number of carboxylic acids is 1. The smallest absolute Gasteiger partial charge is 0.335 e. The van der Waals surface area contributed by atoms with Crippen molar-refractivity contribution in [1.82, 2.24) is 14.9 Å². The summed E-state index contributed by atoms with van der Waals surface area (Å²) in [6.07, 6.45) is 1.78. The molecule has 0 spiro atoms. The van der Waals surface area contributed by atoms with Crippen LogP contribution in [0.1, 0.15) is 45.1 Å². The van der Waals surface area contributed by atoms with Gasteiger partial charge in [-0.2, -0.15) is 0 Å². The van der Waals surface area contributed by atoms with Gasteiger partial charge in [0.05, 0.1) is 35.5 Å². The third-order valence-electron chi connectivity index (χ3n) is 6.67. The first-order chi connectivity index (χ1) is 17.8. The van der Waals surface area contributed by atoms with Gasteiger partial charge in [0.25, 0.3) is 0 Å². The third kappa shape index (κ3) is 4.43. The van der Waals surface area contributed by atoms with Gasteiger partial charge in [0.2, 0.25) is 0 Å². The number of aromatic carboxylic acids is 1. The van der Waals surface area contributed by atoms with E-state index in [1.54, 1.807) is 25.4 Å². The quantitative estimate of drug-likeness (QED) is 0.294. The first-order valence-electron chi connectivity index (χ1n) is 11.7. The van der Waals surface area contributed by atoms with Crippen molar-refractivity contribution in [3.05, 3.63) is 106 Å². The van der Waals surface area contributed by atoms with E-state index in [1.165, 1.54) is 0 Å². The Kier molecular flexibility index (Phi) is 6.62. The van der Waals surface area contributed by atoms with Crippen molar-refractivity contribution < 1.29 is 14.6 Å². The summed E-state index contributed by atoms with van der Waals surface area (Å²) in [6, 6.07) is 20.1. The number of carbonyl (C=O) groups is 1. The zero-order valence-corrected chi connectivity index (χ0v) is 22.0. The van der Waals surface area contributed by atoms with Gasteiger partial charge in [-0.25, -0.2) is 4.79 Å². The summed E-state index contributed by atoms with van der Waals surface area (Å²) >= 11 is 12.4. The highest BCUT2D eigenvalue weighted by Crippen LogP contribution is 2.44. The predicted octanol–water partition coefficient (Wildman–Crippen LogP) is 6.03. The number of carboxylic acid groups (broad SMARTS) is 1. The molecular formula is C28H25ClN4O3S. The van der Waals surface area contributed by atoms with Gasteiger partial charge < -0.3 is 24.6 Å². The third-order valence-corrected chi connectivity index (χ3v) is 7.28. The summed E-state index contributed by atoms with van der Waals surface area (Å²) in [7, 11) is 1.58. The molecule has 0 saturated carbocycles. The lowest BCUT2D eigenvalue weighted by atomic mass is 9.96. The van der Waals surface area contributed by atoms with Gasteiger partial charge in [-0.3, -0.25) is 4.98 Å². The maximum absolute atomic E-state index is 11.3. The van der Waals surface area contributed by atoms with Crippen molar-refractivity contribution >= 4 is 40.6 Å². The molecule has 5 rings (SSSR count). The normalized spacial score (nSPS) is 17.1. The number of anilines is 1. The number of aromatic nitrogens is 2. The molecule has 0 aliphatic carbocycles. The topological polar surface area (TPSA) is 79.6 Å². The fourth-order valence-corrected chi connectivity index (χ4v) is 5.59. The molecule has 4 aromatic rings. The van der Waals surface area contributed by atoms with Gasteiger partial charge in [0.15, 0.2) is 5.11 Å². The fourth-order valence-electron chi connectivity index (χ4n) is 4.99. The number of aryl methyl sites for hydroxylation is 1.